The first-order chi connectivity index (χ1) is 14.6. The number of nitrogens with zero attached hydrogens (tertiary/aromatic N) is 2. The number of carbonyl (C=O) groups is 1. The van der Waals surface area contributed by atoms with Crippen molar-refractivity contribution in [3.63, 3.8) is 0 Å². The zero-order chi connectivity index (χ0) is 22.6. The maximum atomic E-state index is 12.3. The number of rotatable bonds is 7. The van der Waals surface area contributed by atoms with E-state index in [0.717, 1.165) is 0 Å². The Labute approximate surface area is 186 Å². The molecular weight excluding hydrogens is 448 g/mol. The van der Waals surface area contributed by atoms with Crippen molar-refractivity contribution in [2.24, 2.45) is 0 Å². The standard InChI is InChI=1S/C18H29ClN6O5S/c1-11(2)23-31(28,29)24-13-5-3-12(4-6-13)21-18(27)30-14-7-8-25(10-14)15-9-20-22-17(26)16(15)19/h9,11-14,23-24H,3-8,10H2,1-2H3,(H,21,27)(H,22,26)/t12?,13?,14-/m1/s1. The number of ether oxygens (including phenoxy) is 1. The number of amides is 1. The summed E-state index contributed by atoms with van der Waals surface area (Å²) in [5.41, 5.74) is 0.0591. The van der Waals surface area contributed by atoms with E-state index in [-0.39, 0.29) is 29.3 Å². The van der Waals surface area contributed by atoms with E-state index < -0.39 is 21.9 Å². The lowest BCUT2D eigenvalue weighted by atomic mass is 9.92. The fourth-order valence-corrected chi connectivity index (χ4v) is 5.48. The van der Waals surface area contributed by atoms with Crippen LogP contribution < -0.4 is 25.2 Å². The molecule has 31 heavy (non-hydrogen) atoms. The van der Waals surface area contributed by atoms with Crippen LogP contribution in [0.3, 0.4) is 0 Å². The largest absolute Gasteiger partial charge is 0.444 e. The molecule has 1 saturated carbocycles. The highest BCUT2D eigenvalue weighted by atomic mass is 35.5. The molecule has 2 aliphatic rings. The van der Waals surface area contributed by atoms with Gasteiger partial charge in [-0.3, -0.25) is 4.79 Å². The molecule has 2 heterocycles. The molecule has 0 spiro atoms. The predicted octanol–water partition coefficient (Wildman–Crippen LogP) is 0.872. The monoisotopic (exact) mass is 476 g/mol. The second-order valence-electron chi connectivity index (χ2n) is 8.25. The fourth-order valence-electron chi connectivity index (χ4n) is 3.91. The predicted molar refractivity (Wildman–Crippen MR) is 116 cm³/mol. The molecule has 3 rings (SSSR count). The van der Waals surface area contributed by atoms with Crippen molar-refractivity contribution in [1.29, 1.82) is 0 Å². The lowest BCUT2D eigenvalue weighted by Gasteiger charge is -2.29. The van der Waals surface area contributed by atoms with Gasteiger partial charge in [0.15, 0.2) is 0 Å². The lowest BCUT2D eigenvalue weighted by molar-refractivity contribution is 0.102. The Morgan fingerprint density at radius 3 is 2.61 bits per heavy atom. The molecule has 0 aromatic carbocycles. The van der Waals surface area contributed by atoms with Crippen molar-refractivity contribution in [1.82, 2.24) is 25.0 Å². The van der Waals surface area contributed by atoms with E-state index in [0.29, 0.717) is 50.9 Å². The Hall–Kier alpha value is -1.89. The van der Waals surface area contributed by atoms with E-state index >= 15 is 0 Å². The summed E-state index contributed by atoms with van der Waals surface area (Å²) in [5, 5.41) is 8.98. The third-order valence-electron chi connectivity index (χ3n) is 5.30. The molecule has 1 aromatic heterocycles. The van der Waals surface area contributed by atoms with Crippen molar-refractivity contribution in [2.75, 3.05) is 18.0 Å². The Kier molecular flexibility index (Phi) is 7.78. The van der Waals surface area contributed by atoms with E-state index in [1.807, 2.05) is 4.90 Å². The quantitative estimate of drug-likeness (QED) is 0.456. The maximum Gasteiger partial charge on any atom is 0.407 e. The summed E-state index contributed by atoms with van der Waals surface area (Å²) in [6.07, 6.45) is 3.88. The van der Waals surface area contributed by atoms with Crippen LogP contribution in [0.5, 0.6) is 0 Å². The zero-order valence-corrected chi connectivity index (χ0v) is 19.1. The van der Waals surface area contributed by atoms with Gasteiger partial charge < -0.3 is 15.0 Å². The Bertz CT molecular complexity index is 932. The van der Waals surface area contributed by atoms with Crippen molar-refractivity contribution >= 4 is 33.6 Å². The van der Waals surface area contributed by atoms with E-state index in [1.54, 1.807) is 13.8 Å². The summed E-state index contributed by atoms with van der Waals surface area (Å²) in [6.45, 7) is 4.55. The van der Waals surface area contributed by atoms with E-state index in [1.165, 1.54) is 6.20 Å². The third-order valence-corrected chi connectivity index (χ3v) is 7.09. The number of nitrogens with one attached hydrogen (secondary N) is 4. The van der Waals surface area contributed by atoms with Crippen molar-refractivity contribution in [2.45, 2.75) is 70.2 Å². The summed E-state index contributed by atoms with van der Waals surface area (Å²) >= 11 is 6.04. The van der Waals surface area contributed by atoms with Gasteiger partial charge in [-0.25, -0.2) is 9.89 Å². The fraction of sp³-hybridized carbons (Fsp3) is 0.722. The summed E-state index contributed by atoms with van der Waals surface area (Å²) in [5.74, 6) is 0. The van der Waals surface area contributed by atoms with Gasteiger partial charge in [0.05, 0.1) is 18.4 Å². The topological polar surface area (TPSA) is 146 Å². The molecule has 0 radical (unpaired) electrons. The number of halogens is 1. The van der Waals surface area contributed by atoms with Gasteiger partial charge in [0.25, 0.3) is 15.8 Å². The lowest BCUT2D eigenvalue weighted by Crippen LogP contribution is -2.48. The number of alkyl carbamates (subject to hydrolysis) is 1. The molecule has 1 amide bonds. The summed E-state index contributed by atoms with van der Waals surface area (Å²) in [4.78, 5) is 25.8. The van der Waals surface area contributed by atoms with Crippen LogP contribution in [-0.4, -0.2) is 62.0 Å². The average molecular weight is 477 g/mol. The number of hydrogen-bond donors (Lipinski definition) is 4. The minimum atomic E-state index is -3.52. The van der Waals surface area contributed by atoms with Gasteiger partial charge in [-0.1, -0.05) is 11.6 Å². The van der Waals surface area contributed by atoms with Crippen LogP contribution in [-0.2, 0) is 14.9 Å². The van der Waals surface area contributed by atoms with Crippen molar-refractivity contribution in [3.8, 4) is 0 Å². The highest BCUT2D eigenvalue weighted by molar-refractivity contribution is 7.87. The second kappa shape index (κ2) is 10.2. The number of hydrogen-bond acceptors (Lipinski definition) is 7. The first kappa shape index (κ1) is 23.8. The SMILES string of the molecule is CC(C)NS(=O)(=O)NC1CCC(NC(=O)O[C@@H]2CCN(c3cn[nH]c(=O)c3Cl)C2)CC1. The van der Waals surface area contributed by atoms with Gasteiger partial charge in [-0.2, -0.15) is 23.0 Å². The normalized spacial score (nSPS) is 24.4. The minimum absolute atomic E-state index is 0.0601. The number of aromatic nitrogens is 2. The number of H-pyrrole nitrogens is 1. The van der Waals surface area contributed by atoms with Crippen molar-refractivity contribution < 1.29 is 17.9 Å². The van der Waals surface area contributed by atoms with Crippen molar-refractivity contribution in [3.05, 3.63) is 21.6 Å². The van der Waals surface area contributed by atoms with Gasteiger partial charge in [-0.15, -0.1) is 0 Å². The van der Waals surface area contributed by atoms with E-state index in [9.17, 15) is 18.0 Å². The first-order valence-electron chi connectivity index (χ1n) is 10.4. The third kappa shape index (κ3) is 6.79. The highest BCUT2D eigenvalue weighted by Crippen LogP contribution is 2.26. The van der Waals surface area contributed by atoms with Crippen LogP contribution in [0.25, 0.3) is 0 Å². The van der Waals surface area contributed by atoms with Gasteiger partial charge in [0.2, 0.25) is 0 Å². The maximum absolute atomic E-state index is 12.3. The average Bonchev–Trinajstić information content (AvgIpc) is 3.12. The molecule has 1 atom stereocenters. The molecule has 1 aliphatic heterocycles. The molecule has 13 heteroatoms. The van der Waals surface area contributed by atoms with Crippen LogP contribution in [0.4, 0.5) is 10.5 Å². The van der Waals surface area contributed by atoms with Gasteiger partial charge in [-0.05, 0) is 39.5 Å². The van der Waals surface area contributed by atoms with Crippen LogP contribution in [0.1, 0.15) is 46.0 Å². The molecular formula is C18H29ClN6O5S. The van der Waals surface area contributed by atoms with Crippen LogP contribution in [0.15, 0.2) is 11.0 Å². The Morgan fingerprint density at radius 1 is 1.26 bits per heavy atom. The zero-order valence-electron chi connectivity index (χ0n) is 17.6. The minimum Gasteiger partial charge on any atom is -0.444 e. The molecule has 1 saturated heterocycles. The summed E-state index contributed by atoms with van der Waals surface area (Å²) in [6, 6.07) is -0.386. The molecule has 0 bridgehead atoms. The molecule has 1 aromatic rings. The van der Waals surface area contributed by atoms with Crippen LogP contribution >= 0.6 is 11.6 Å². The molecule has 4 N–H and O–H groups in total. The smallest absolute Gasteiger partial charge is 0.407 e. The summed E-state index contributed by atoms with van der Waals surface area (Å²) < 4.78 is 34.7. The first-order valence-corrected chi connectivity index (χ1v) is 12.2. The molecule has 1 aliphatic carbocycles. The van der Waals surface area contributed by atoms with E-state index in [2.05, 4.69) is 25.0 Å². The molecule has 2 fully saturated rings. The number of carbonyl (C=O) groups excluding carboxylic acids is 1. The van der Waals surface area contributed by atoms with Gasteiger partial charge in [0.1, 0.15) is 11.1 Å². The molecule has 174 valence electrons. The van der Waals surface area contributed by atoms with Gasteiger partial charge in [0, 0.05) is 31.1 Å². The highest BCUT2D eigenvalue weighted by Gasteiger charge is 2.30. The Morgan fingerprint density at radius 2 is 1.94 bits per heavy atom. The van der Waals surface area contributed by atoms with Crippen LogP contribution in [0.2, 0.25) is 5.02 Å². The number of anilines is 1. The van der Waals surface area contributed by atoms with Gasteiger partial charge >= 0.3 is 6.09 Å². The van der Waals surface area contributed by atoms with Crippen LogP contribution in [0, 0.1) is 0 Å². The molecule has 11 nitrogen and oxygen atoms in total. The Balaban J connectivity index is 1.41. The molecule has 0 unspecified atom stereocenters. The number of aromatic amines is 1. The van der Waals surface area contributed by atoms with E-state index in [4.69, 9.17) is 16.3 Å². The second-order valence-corrected chi connectivity index (χ2v) is 10.1. The summed E-state index contributed by atoms with van der Waals surface area (Å²) in [7, 11) is -3.52.